The zero-order valence-corrected chi connectivity index (χ0v) is 10.0. The minimum absolute atomic E-state index is 0.208. The van der Waals surface area contributed by atoms with Crippen LogP contribution in [0.4, 0.5) is 18.9 Å². The number of hydrogen-bond acceptors (Lipinski definition) is 2. The van der Waals surface area contributed by atoms with Gasteiger partial charge in [0.25, 0.3) is 0 Å². The minimum atomic E-state index is -4.64. The molecule has 17 heavy (non-hydrogen) atoms. The fourth-order valence-corrected chi connectivity index (χ4v) is 1.18. The van der Waals surface area contributed by atoms with E-state index in [-0.39, 0.29) is 11.8 Å². The van der Waals surface area contributed by atoms with Gasteiger partial charge in [-0.05, 0) is 37.1 Å². The van der Waals surface area contributed by atoms with Crippen molar-refractivity contribution >= 4 is 5.69 Å². The highest BCUT2D eigenvalue weighted by molar-refractivity contribution is 5.47. The van der Waals surface area contributed by atoms with E-state index >= 15 is 0 Å². The Balaban J connectivity index is 2.62. The summed E-state index contributed by atoms with van der Waals surface area (Å²) in [5, 5.41) is 3.19. The number of anilines is 1. The lowest BCUT2D eigenvalue weighted by Gasteiger charge is -2.19. The first kappa shape index (κ1) is 13.7. The van der Waals surface area contributed by atoms with Crippen molar-refractivity contribution in [3.8, 4) is 5.75 Å². The summed E-state index contributed by atoms with van der Waals surface area (Å²) in [5.74, 6) is 0.237. The molecule has 0 spiro atoms. The quantitative estimate of drug-likeness (QED) is 0.866. The summed E-state index contributed by atoms with van der Waals surface area (Å²) < 4.78 is 39.5. The van der Waals surface area contributed by atoms with Crippen LogP contribution in [-0.4, -0.2) is 12.4 Å². The van der Waals surface area contributed by atoms with Gasteiger partial charge in [0.15, 0.2) is 0 Å². The normalized spacial score (nSPS) is 13.6. The van der Waals surface area contributed by atoms with E-state index < -0.39 is 6.36 Å². The van der Waals surface area contributed by atoms with Gasteiger partial charge in [-0.3, -0.25) is 0 Å². The predicted molar refractivity (Wildman–Crippen MR) is 61.0 cm³/mol. The molecule has 2 nitrogen and oxygen atoms in total. The number of benzene rings is 1. The molecule has 0 saturated heterocycles. The molecule has 1 rings (SSSR count). The van der Waals surface area contributed by atoms with Gasteiger partial charge in [0, 0.05) is 11.7 Å². The van der Waals surface area contributed by atoms with E-state index in [1.807, 2.05) is 6.92 Å². The van der Waals surface area contributed by atoms with Crippen molar-refractivity contribution in [2.75, 3.05) is 5.32 Å². The lowest BCUT2D eigenvalue weighted by Crippen LogP contribution is -2.21. The number of hydrogen-bond donors (Lipinski definition) is 1. The maximum absolute atomic E-state index is 11.9. The van der Waals surface area contributed by atoms with Crippen molar-refractivity contribution in [1.82, 2.24) is 0 Å². The molecule has 0 amide bonds. The van der Waals surface area contributed by atoms with Gasteiger partial charge in [0.2, 0.25) is 0 Å². The average Bonchev–Trinajstić information content (AvgIpc) is 2.18. The Hall–Kier alpha value is -1.39. The predicted octanol–water partition coefficient (Wildman–Crippen LogP) is 4.04. The summed E-state index contributed by atoms with van der Waals surface area (Å²) in [7, 11) is 0. The minimum Gasteiger partial charge on any atom is -0.406 e. The van der Waals surface area contributed by atoms with Crippen molar-refractivity contribution < 1.29 is 17.9 Å². The molecule has 0 saturated carbocycles. The van der Waals surface area contributed by atoms with Crippen LogP contribution in [0.2, 0.25) is 0 Å². The molecule has 1 N–H and O–H groups in total. The Morgan fingerprint density at radius 1 is 1.06 bits per heavy atom. The highest BCUT2D eigenvalue weighted by Gasteiger charge is 2.30. The molecule has 0 fully saturated rings. The zero-order chi connectivity index (χ0) is 13.1. The second kappa shape index (κ2) is 5.29. The van der Waals surface area contributed by atoms with Crippen molar-refractivity contribution in [3.05, 3.63) is 24.3 Å². The molecule has 5 heteroatoms. The van der Waals surface area contributed by atoms with E-state index in [1.165, 1.54) is 12.1 Å². The first-order valence-corrected chi connectivity index (χ1v) is 5.40. The lowest BCUT2D eigenvalue weighted by atomic mass is 10.1. The molecule has 96 valence electrons. The molecular weight excluding hydrogens is 231 g/mol. The highest BCUT2D eigenvalue weighted by atomic mass is 19.4. The van der Waals surface area contributed by atoms with E-state index in [9.17, 15) is 13.2 Å². The van der Waals surface area contributed by atoms with Crippen LogP contribution in [0, 0.1) is 5.92 Å². The summed E-state index contributed by atoms with van der Waals surface area (Å²) >= 11 is 0. The molecule has 1 aromatic carbocycles. The van der Waals surface area contributed by atoms with Crippen LogP contribution in [0.1, 0.15) is 20.8 Å². The first-order chi connectivity index (χ1) is 7.78. The van der Waals surface area contributed by atoms with E-state index in [0.29, 0.717) is 5.92 Å². The Kier molecular flexibility index (Phi) is 4.26. The van der Waals surface area contributed by atoms with Gasteiger partial charge < -0.3 is 10.1 Å². The van der Waals surface area contributed by atoms with E-state index in [0.717, 1.165) is 5.69 Å². The number of rotatable bonds is 4. The van der Waals surface area contributed by atoms with Crippen LogP contribution >= 0.6 is 0 Å². The number of nitrogens with one attached hydrogen (secondary N) is 1. The maximum Gasteiger partial charge on any atom is 0.573 e. The topological polar surface area (TPSA) is 21.3 Å². The molecule has 0 bridgehead atoms. The maximum atomic E-state index is 11.9. The molecule has 0 aliphatic carbocycles. The molecule has 0 aliphatic rings. The smallest absolute Gasteiger partial charge is 0.406 e. The fourth-order valence-electron chi connectivity index (χ4n) is 1.18. The van der Waals surface area contributed by atoms with Gasteiger partial charge in [-0.25, -0.2) is 0 Å². The van der Waals surface area contributed by atoms with Crippen LogP contribution in [0.25, 0.3) is 0 Å². The zero-order valence-electron chi connectivity index (χ0n) is 10.0. The Morgan fingerprint density at radius 2 is 1.59 bits per heavy atom. The van der Waals surface area contributed by atoms with Crippen LogP contribution in [-0.2, 0) is 0 Å². The Bertz CT molecular complexity index is 346. The first-order valence-electron chi connectivity index (χ1n) is 5.40. The molecule has 0 radical (unpaired) electrons. The second-order valence-electron chi connectivity index (χ2n) is 4.25. The van der Waals surface area contributed by atoms with Gasteiger partial charge in [-0.15, -0.1) is 13.2 Å². The molecule has 0 heterocycles. The van der Waals surface area contributed by atoms with E-state index in [2.05, 4.69) is 23.9 Å². The summed E-state index contributed by atoms with van der Waals surface area (Å²) in [6.07, 6.45) is -4.64. The molecule has 1 aromatic rings. The molecule has 0 aromatic heterocycles. The van der Waals surface area contributed by atoms with Crippen molar-refractivity contribution in [1.29, 1.82) is 0 Å². The van der Waals surface area contributed by atoms with Crippen molar-refractivity contribution in [3.63, 3.8) is 0 Å². The summed E-state index contributed by atoms with van der Waals surface area (Å²) in [5.41, 5.74) is 0.778. The highest BCUT2D eigenvalue weighted by Crippen LogP contribution is 2.24. The molecular formula is C12H16F3NO. The van der Waals surface area contributed by atoms with Crippen molar-refractivity contribution in [2.24, 2.45) is 5.92 Å². The largest absolute Gasteiger partial charge is 0.573 e. The van der Waals surface area contributed by atoms with Crippen LogP contribution in [0.15, 0.2) is 24.3 Å². The van der Waals surface area contributed by atoms with Crippen LogP contribution in [0.5, 0.6) is 5.75 Å². The number of halogens is 3. The third-order valence-electron chi connectivity index (χ3n) is 2.48. The van der Waals surface area contributed by atoms with Gasteiger partial charge >= 0.3 is 6.36 Å². The monoisotopic (exact) mass is 247 g/mol. The second-order valence-corrected chi connectivity index (χ2v) is 4.25. The van der Waals surface area contributed by atoms with E-state index in [1.54, 1.807) is 12.1 Å². The standard InChI is InChI=1S/C12H16F3NO/c1-8(2)9(3)16-10-4-6-11(7-5-10)17-12(13,14)15/h4-9,16H,1-3H3. The SMILES string of the molecule is CC(C)C(C)Nc1ccc(OC(F)(F)F)cc1. The average molecular weight is 247 g/mol. The fraction of sp³-hybridized carbons (Fsp3) is 0.500. The van der Waals surface area contributed by atoms with Crippen molar-refractivity contribution in [2.45, 2.75) is 33.2 Å². The third kappa shape index (κ3) is 4.97. The van der Waals surface area contributed by atoms with Crippen LogP contribution in [0.3, 0.4) is 0 Å². The summed E-state index contributed by atoms with van der Waals surface area (Å²) in [6, 6.07) is 5.98. The van der Waals surface area contributed by atoms with E-state index in [4.69, 9.17) is 0 Å². The Morgan fingerprint density at radius 3 is 2.00 bits per heavy atom. The number of ether oxygens (including phenoxy) is 1. The van der Waals surface area contributed by atoms with Gasteiger partial charge in [0.1, 0.15) is 5.75 Å². The van der Waals surface area contributed by atoms with Gasteiger partial charge in [-0.1, -0.05) is 13.8 Å². The van der Waals surface area contributed by atoms with Crippen LogP contribution < -0.4 is 10.1 Å². The van der Waals surface area contributed by atoms with Gasteiger partial charge in [-0.2, -0.15) is 0 Å². The summed E-state index contributed by atoms with van der Waals surface area (Å²) in [4.78, 5) is 0. The molecule has 1 unspecified atom stereocenters. The van der Waals surface area contributed by atoms with Gasteiger partial charge in [0.05, 0.1) is 0 Å². The number of alkyl halides is 3. The molecule has 0 aliphatic heterocycles. The third-order valence-corrected chi connectivity index (χ3v) is 2.48. The Labute approximate surface area is 98.8 Å². The summed E-state index contributed by atoms with van der Waals surface area (Å²) in [6.45, 7) is 6.16. The lowest BCUT2D eigenvalue weighted by molar-refractivity contribution is -0.274. The molecule has 1 atom stereocenters.